The zero-order valence-corrected chi connectivity index (χ0v) is 13.2. The molecule has 0 saturated carbocycles. The number of amides is 1. The Morgan fingerprint density at radius 3 is 2.48 bits per heavy atom. The van der Waals surface area contributed by atoms with Crippen molar-refractivity contribution in [3.8, 4) is 0 Å². The summed E-state index contributed by atoms with van der Waals surface area (Å²) in [6.07, 6.45) is 0. The van der Waals surface area contributed by atoms with Crippen molar-refractivity contribution in [1.29, 1.82) is 0 Å². The third-order valence-electron chi connectivity index (χ3n) is 3.21. The highest BCUT2D eigenvalue weighted by atomic mass is 32.2. The van der Waals surface area contributed by atoms with Crippen molar-refractivity contribution in [2.75, 3.05) is 13.1 Å². The molecule has 0 aliphatic heterocycles. The molecule has 1 heterocycles. The second-order valence-electron chi connectivity index (χ2n) is 4.50. The largest absolute Gasteiger partial charge is 0.342 e. The topological polar surface area (TPSA) is 63.9 Å². The molecule has 0 spiro atoms. The first-order valence-electron chi connectivity index (χ1n) is 6.90. The van der Waals surface area contributed by atoms with E-state index >= 15 is 0 Å². The molecule has 0 aliphatic carbocycles. The van der Waals surface area contributed by atoms with E-state index in [1.807, 2.05) is 49.1 Å². The first-order valence-corrected chi connectivity index (χ1v) is 7.78. The van der Waals surface area contributed by atoms with Crippen molar-refractivity contribution in [3.05, 3.63) is 35.9 Å². The number of hydrogen-bond donors (Lipinski definition) is 0. The Balaban J connectivity index is 2.31. The summed E-state index contributed by atoms with van der Waals surface area (Å²) in [7, 11) is 1.77. The SMILES string of the molecule is CCN(CC)C(=O)C(Sc1nnnn1C)c1ccccc1. The molecule has 2 aromatic rings. The van der Waals surface area contributed by atoms with Crippen LogP contribution in [0.2, 0.25) is 0 Å². The Morgan fingerprint density at radius 2 is 1.95 bits per heavy atom. The first-order chi connectivity index (χ1) is 10.2. The Labute approximate surface area is 128 Å². The predicted octanol–water partition coefficient (Wildman–Crippen LogP) is 1.91. The average Bonchev–Trinajstić information content (AvgIpc) is 2.92. The Morgan fingerprint density at radius 1 is 1.29 bits per heavy atom. The number of likely N-dealkylation sites (N-methyl/N-ethyl adjacent to an activating group) is 1. The van der Waals surface area contributed by atoms with Gasteiger partial charge in [0.15, 0.2) is 0 Å². The Bertz CT molecular complexity index is 582. The van der Waals surface area contributed by atoms with Crippen LogP contribution in [0.1, 0.15) is 24.7 Å². The fourth-order valence-electron chi connectivity index (χ4n) is 2.02. The second-order valence-corrected chi connectivity index (χ2v) is 5.58. The number of nitrogens with zero attached hydrogens (tertiary/aromatic N) is 5. The number of hydrogen-bond acceptors (Lipinski definition) is 5. The summed E-state index contributed by atoms with van der Waals surface area (Å²) in [5.41, 5.74) is 0.961. The van der Waals surface area contributed by atoms with E-state index in [1.54, 1.807) is 11.7 Å². The van der Waals surface area contributed by atoms with Gasteiger partial charge in [-0.3, -0.25) is 4.79 Å². The van der Waals surface area contributed by atoms with Crippen LogP contribution in [-0.4, -0.2) is 44.1 Å². The molecule has 0 saturated heterocycles. The molecule has 0 bridgehead atoms. The molecule has 0 N–H and O–H groups in total. The van der Waals surface area contributed by atoms with E-state index in [0.717, 1.165) is 5.56 Å². The van der Waals surface area contributed by atoms with E-state index < -0.39 is 0 Å². The summed E-state index contributed by atoms with van der Waals surface area (Å²) < 4.78 is 1.58. The molecule has 1 amide bonds. The van der Waals surface area contributed by atoms with Gasteiger partial charge in [0.25, 0.3) is 0 Å². The molecule has 1 aromatic heterocycles. The van der Waals surface area contributed by atoms with Crippen molar-refractivity contribution < 1.29 is 4.79 Å². The molecule has 2 rings (SSSR count). The summed E-state index contributed by atoms with van der Waals surface area (Å²) in [6, 6.07) is 9.74. The minimum absolute atomic E-state index is 0.0826. The number of carbonyl (C=O) groups is 1. The summed E-state index contributed by atoms with van der Waals surface area (Å²) in [5.74, 6) is 0.0826. The van der Waals surface area contributed by atoms with Crippen molar-refractivity contribution in [2.45, 2.75) is 24.3 Å². The highest BCUT2D eigenvalue weighted by Gasteiger charge is 2.27. The second kappa shape index (κ2) is 7.21. The summed E-state index contributed by atoms with van der Waals surface area (Å²) in [4.78, 5) is 14.6. The lowest BCUT2D eigenvalue weighted by Gasteiger charge is -2.24. The number of carbonyl (C=O) groups excluding carboxylic acids is 1. The zero-order valence-electron chi connectivity index (χ0n) is 12.4. The van der Waals surface area contributed by atoms with Crippen LogP contribution in [-0.2, 0) is 11.8 Å². The van der Waals surface area contributed by atoms with Gasteiger partial charge in [-0.25, -0.2) is 4.68 Å². The Kier molecular flexibility index (Phi) is 5.32. The number of aromatic nitrogens is 4. The van der Waals surface area contributed by atoms with Gasteiger partial charge in [0, 0.05) is 20.1 Å². The zero-order chi connectivity index (χ0) is 15.2. The van der Waals surface area contributed by atoms with E-state index in [0.29, 0.717) is 18.2 Å². The first kappa shape index (κ1) is 15.5. The number of tetrazole rings is 1. The van der Waals surface area contributed by atoms with Crippen LogP contribution in [0.4, 0.5) is 0 Å². The maximum absolute atomic E-state index is 12.8. The lowest BCUT2D eigenvalue weighted by atomic mass is 10.1. The van der Waals surface area contributed by atoms with Crippen LogP contribution in [0.3, 0.4) is 0 Å². The molecule has 112 valence electrons. The normalized spacial score (nSPS) is 12.1. The van der Waals surface area contributed by atoms with Crippen LogP contribution in [0, 0.1) is 0 Å². The molecule has 6 nitrogen and oxygen atoms in total. The van der Waals surface area contributed by atoms with Crippen molar-refractivity contribution >= 4 is 17.7 Å². The lowest BCUT2D eigenvalue weighted by molar-refractivity contribution is -0.130. The quantitative estimate of drug-likeness (QED) is 0.763. The van der Waals surface area contributed by atoms with Gasteiger partial charge in [0.1, 0.15) is 5.25 Å². The maximum Gasteiger partial charge on any atom is 0.240 e. The van der Waals surface area contributed by atoms with Gasteiger partial charge in [-0.15, -0.1) is 5.10 Å². The number of benzene rings is 1. The number of rotatable bonds is 6. The van der Waals surface area contributed by atoms with Gasteiger partial charge in [-0.05, 0) is 29.8 Å². The van der Waals surface area contributed by atoms with Gasteiger partial charge < -0.3 is 4.90 Å². The summed E-state index contributed by atoms with van der Waals surface area (Å²) in [6.45, 7) is 5.35. The van der Waals surface area contributed by atoms with Crippen LogP contribution in [0.5, 0.6) is 0 Å². The third kappa shape index (κ3) is 3.60. The summed E-state index contributed by atoms with van der Waals surface area (Å²) >= 11 is 1.38. The average molecular weight is 305 g/mol. The molecule has 0 fully saturated rings. The molecule has 1 atom stereocenters. The van der Waals surface area contributed by atoms with Gasteiger partial charge in [-0.2, -0.15) is 0 Å². The van der Waals surface area contributed by atoms with Crippen LogP contribution in [0.25, 0.3) is 0 Å². The molecule has 1 aromatic carbocycles. The number of thioether (sulfide) groups is 1. The standard InChI is InChI=1S/C14H19N5OS/c1-4-19(5-2)13(20)12(11-9-7-6-8-10-11)21-14-15-16-17-18(14)3/h6-10,12H,4-5H2,1-3H3. The molecular weight excluding hydrogens is 286 g/mol. The molecule has 0 radical (unpaired) electrons. The van der Waals surface area contributed by atoms with E-state index in [9.17, 15) is 4.79 Å². The molecule has 0 aliphatic rings. The number of aryl methyl sites for hydroxylation is 1. The highest BCUT2D eigenvalue weighted by molar-refractivity contribution is 8.00. The lowest BCUT2D eigenvalue weighted by Crippen LogP contribution is -2.34. The van der Waals surface area contributed by atoms with Crippen LogP contribution < -0.4 is 0 Å². The fourth-order valence-corrected chi connectivity index (χ4v) is 3.04. The van der Waals surface area contributed by atoms with Gasteiger partial charge in [0.2, 0.25) is 11.1 Å². The predicted molar refractivity (Wildman–Crippen MR) is 81.8 cm³/mol. The van der Waals surface area contributed by atoms with Crippen LogP contribution in [0.15, 0.2) is 35.5 Å². The summed E-state index contributed by atoms with van der Waals surface area (Å²) in [5, 5.41) is 11.7. The third-order valence-corrected chi connectivity index (χ3v) is 4.47. The van der Waals surface area contributed by atoms with E-state index in [4.69, 9.17) is 0 Å². The molecule has 7 heteroatoms. The highest BCUT2D eigenvalue weighted by Crippen LogP contribution is 2.35. The van der Waals surface area contributed by atoms with E-state index in [2.05, 4.69) is 15.5 Å². The van der Waals surface area contributed by atoms with Crippen LogP contribution >= 0.6 is 11.8 Å². The minimum Gasteiger partial charge on any atom is -0.342 e. The van der Waals surface area contributed by atoms with E-state index in [1.165, 1.54) is 11.8 Å². The van der Waals surface area contributed by atoms with Crippen molar-refractivity contribution in [1.82, 2.24) is 25.1 Å². The smallest absolute Gasteiger partial charge is 0.240 e. The Hall–Kier alpha value is -1.89. The van der Waals surface area contributed by atoms with Crippen molar-refractivity contribution in [2.24, 2.45) is 7.05 Å². The molecule has 1 unspecified atom stereocenters. The minimum atomic E-state index is -0.337. The fraction of sp³-hybridized carbons (Fsp3) is 0.429. The van der Waals surface area contributed by atoms with Gasteiger partial charge >= 0.3 is 0 Å². The van der Waals surface area contributed by atoms with Gasteiger partial charge in [0.05, 0.1) is 0 Å². The maximum atomic E-state index is 12.8. The molecular formula is C14H19N5OS. The van der Waals surface area contributed by atoms with E-state index in [-0.39, 0.29) is 11.2 Å². The van der Waals surface area contributed by atoms with Gasteiger partial charge in [-0.1, -0.05) is 42.1 Å². The van der Waals surface area contributed by atoms with Crippen molar-refractivity contribution in [3.63, 3.8) is 0 Å². The molecule has 21 heavy (non-hydrogen) atoms. The monoisotopic (exact) mass is 305 g/mol.